The van der Waals surface area contributed by atoms with Crippen molar-refractivity contribution in [1.29, 1.82) is 0 Å². The van der Waals surface area contributed by atoms with Gasteiger partial charge in [-0.3, -0.25) is 0 Å². The summed E-state index contributed by atoms with van der Waals surface area (Å²) in [4.78, 5) is 4.63. The summed E-state index contributed by atoms with van der Waals surface area (Å²) in [5.74, 6) is 0. The Morgan fingerprint density at radius 1 is 0.493 bits per heavy atom. The van der Waals surface area contributed by atoms with Gasteiger partial charge in [0.25, 0.3) is 6.71 Å². The molecule has 0 saturated heterocycles. The maximum atomic E-state index is 14.1. The van der Waals surface area contributed by atoms with E-state index in [9.17, 15) is 13.2 Å². The summed E-state index contributed by atoms with van der Waals surface area (Å²) >= 11 is 1.87. The van der Waals surface area contributed by atoms with E-state index in [1.54, 1.807) is 12.1 Å². The van der Waals surface area contributed by atoms with Gasteiger partial charge >= 0.3 is 6.18 Å². The van der Waals surface area contributed by atoms with Gasteiger partial charge in [0, 0.05) is 43.3 Å². The Morgan fingerprint density at radius 2 is 1.06 bits per heavy atom. The van der Waals surface area contributed by atoms with Crippen molar-refractivity contribution in [1.82, 2.24) is 0 Å². The highest BCUT2D eigenvalue weighted by Gasteiger charge is 2.52. The monoisotopic (exact) mass is 886 g/mol. The second-order valence-corrected chi connectivity index (χ2v) is 19.4. The third-order valence-corrected chi connectivity index (χ3v) is 16.1. The molecule has 1 spiro atoms. The van der Waals surface area contributed by atoms with Crippen LogP contribution in [0, 0.1) is 13.8 Å². The summed E-state index contributed by atoms with van der Waals surface area (Å²) in [5.41, 5.74) is 21.8. The van der Waals surface area contributed by atoms with Gasteiger partial charge in [-0.1, -0.05) is 127 Å². The van der Waals surface area contributed by atoms with Crippen LogP contribution in [0.1, 0.15) is 38.9 Å². The number of aryl methyl sites for hydroxylation is 2. The highest BCUT2D eigenvalue weighted by molar-refractivity contribution is 7.33. The minimum atomic E-state index is -4.45. The van der Waals surface area contributed by atoms with Gasteiger partial charge in [0.2, 0.25) is 0 Å². The molecule has 10 aromatic rings. The molecule has 1 aromatic heterocycles. The summed E-state index contributed by atoms with van der Waals surface area (Å²) in [6.45, 7) is 4.13. The SMILES string of the molecule is Cc1cccc(C)c1-c1ccc2c(c1)N(c1ccc(C(F)(F)F)cc1)c1cccc3c1B2c1sc2cc4c(cc2c1N3c1ccccc1)-c1ccccc1C41c2ccccc2-c2ccccc21. The Morgan fingerprint density at radius 3 is 1.70 bits per heavy atom. The Balaban J connectivity index is 1.07. The fourth-order valence-electron chi connectivity index (χ4n) is 12.3. The molecule has 2 aliphatic carbocycles. The number of thiophene rings is 1. The van der Waals surface area contributed by atoms with Gasteiger partial charge < -0.3 is 9.80 Å². The van der Waals surface area contributed by atoms with Crippen molar-refractivity contribution in [3.8, 4) is 33.4 Å². The van der Waals surface area contributed by atoms with Crippen LogP contribution < -0.4 is 25.5 Å². The topological polar surface area (TPSA) is 6.48 Å². The normalized spacial score (nSPS) is 14.4. The molecule has 2 nitrogen and oxygen atoms in total. The molecule has 4 aliphatic rings. The molecular weight excluding hydrogens is 849 g/mol. The zero-order valence-electron chi connectivity index (χ0n) is 36.5. The van der Waals surface area contributed by atoms with Crippen molar-refractivity contribution < 1.29 is 13.2 Å². The van der Waals surface area contributed by atoms with E-state index >= 15 is 0 Å². The first-order valence-corrected chi connectivity index (χ1v) is 23.6. The zero-order chi connectivity index (χ0) is 44.9. The average Bonchev–Trinajstić information content (AvgIpc) is 3.97. The third kappa shape index (κ3) is 5.12. The molecule has 7 heteroatoms. The first kappa shape index (κ1) is 38.6. The number of fused-ring (bicyclic) bond motifs is 16. The van der Waals surface area contributed by atoms with E-state index in [4.69, 9.17) is 0 Å². The van der Waals surface area contributed by atoms with Crippen LogP contribution in [-0.2, 0) is 11.6 Å². The van der Waals surface area contributed by atoms with E-state index in [1.165, 1.54) is 88.3 Å². The molecule has 67 heavy (non-hydrogen) atoms. The molecule has 0 unspecified atom stereocenters. The van der Waals surface area contributed by atoms with Gasteiger partial charge in [0.1, 0.15) is 0 Å². The van der Waals surface area contributed by atoms with Crippen LogP contribution in [0.25, 0.3) is 43.5 Å². The van der Waals surface area contributed by atoms with Gasteiger partial charge in [-0.25, -0.2) is 0 Å². The van der Waals surface area contributed by atoms with Crippen molar-refractivity contribution in [2.24, 2.45) is 0 Å². The minimum Gasteiger partial charge on any atom is -0.311 e. The number of hydrogen-bond acceptors (Lipinski definition) is 3. The highest BCUT2D eigenvalue weighted by Crippen LogP contribution is 2.64. The first-order chi connectivity index (χ1) is 32.7. The third-order valence-electron chi connectivity index (χ3n) is 14.9. The Bertz CT molecular complexity index is 3680. The number of hydrogen-bond donors (Lipinski definition) is 0. The lowest BCUT2D eigenvalue weighted by molar-refractivity contribution is -0.137. The molecule has 0 saturated carbocycles. The maximum Gasteiger partial charge on any atom is 0.416 e. The number of benzene rings is 9. The lowest BCUT2D eigenvalue weighted by Gasteiger charge is -2.43. The van der Waals surface area contributed by atoms with Gasteiger partial charge in [-0.15, -0.1) is 11.3 Å². The minimum absolute atomic E-state index is 0.157. The van der Waals surface area contributed by atoms with Crippen molar-refractivity contribution in [2.75, 3.05) is 9.80 Å². The van der Waals surface area contributed by atoms with Crippen molar-refractivity contribution >= 4 is 78.0 Å². The van der Waals surface area contributed by atoms with Crippen molar-refractivity contribution in [3.63, 3.8) is 0 Å². The summed E-state index contributed by atoms with van der Waals surface area (Å²) < 4.78 is 44.7. The molecule has 2 aliphatic heterocycles. The van der Waals surface area contributed by atoms with E-state index in [0.29, 0.717) is 5.69 Å². The number of anilines is 6. The van der Waals surface area contributed by atoms with Crippen LogP contribution in [0.2, 0.25) is 0 Å². The number of halogens is 3. The lowest BCUT2D eigenvalue weighted by Crippen LogP contribution is -2.60. The van der Waals surface area contributed by atoms with E-state index in [-0.39, 0.29) is 6.71 Å². The van der Waals surface area contributed by atoms with Crippen molar-refractivity contribution in [3.05, 3.63) is 233 Å². The van der Waals surface area contributed by atoms with E-state index in [2.05, 4.69) is 194 Å². The molecule has 0 radical (unpaired) electrons. The predicted molar refractivity (Wildman–Crippen MR) is 272 cm³/mol. The Hall–Kier alpha value is -7.61. The van der Waals surface area contributed by atoms with Crippen molar-refractivity contribution in [2.45, 2.75) is 25.4 Å². The summed E-state index contributed by atoms with van der Waals surface area (Å²) in [7, 11) is 0. The highest BCUT2D eigenvalue weighted by atomic mass is 32.1. The quantitative estimate of drug-likeness (QED) is 0.163. The molecule has 0 fully saturated rings. The summed E-state index contributed by atoms with van der Waals surface area (Å²) in [5, 5.41) is 1.20. The summed E-state index contributed by atoms with van der Waals surface area (Å²) in [6.07, 6.45) is -4.45. The van der Waals surface area contributed by atoms with Gasteiger partial charge in [-0.05, 0) is 158 Å². The fraction of sp³-hybridized carbons (Fsp3) is 0.0667. The lowest BCUT2D eigenvalue weighted by atomic mass is 9.36. The Labute approximate surface area is 390 Å². The van der Waals surface area contributed by atoms with Crippen LogP contribution in [0.3, 0.4) is 0 Å². The molecule has 0 bridgehead atoms. The van der Waals surface area contributed by atoms with Crippen LogP contribution in [-0.4, -0.2) is 6.71 Å². The molecule has 9 aromatic carbocycles. The van der Waals surface area contributed by atoms with Gasteiger partial charge in [0.15, 0.2) is 0 Å². The van der Waals surface area contributed by atoms with Crippen LogP contribution in [0.15, 0.2) is 194 Å². The molecule has 0 atom stereocenters. The molecular formula is C60H38BF3N2S. The Kier molecular flexibility index (Phi) is 7.92. The number of rotatable bonds is 3. The largest absolute Gasteiger partial charge is 0.416 e. The smallest absolute Gasteiger partial charge is 0.311 e. The van der Waals surface area contributed by atoms with E-state index < -0.39 is 17.2 Å². The van der Waals surface area contributed by atoms with Gasteiger partial charge in [-0.2, -0.15) is 13.2 Å². The average molecular weight is 887 g/mol. The van der Waals surface area contributed by atoms with Crippen LogP contribution in [0.5, 0.6) is 0 Å². The summed E-state index contributed by atoms with van der Waals surface area (Å²) in [6, 6.07) is 67.7. The molecule has 3 heterocycles. The van der Waals surface area contributed by atoms with E-state index in [1.807, 2.05) is 11.3 Å². The predicted octanol–water partition coefficient (Wildman–Crippen LogP) is 14.6. The number of nitrogens with zero attached hydrogens (tertiary/aromatic N) is 2. The number of alkyl halides is 3. The van der Waals surface area contributed by atoms with E-state index in [0.717, 1.165) is 44.8 Å². The first-order valence-electron chi connectivity index (χ1n) is 22.8. The maximum absolute atomic E-state index is 14.1. The molecule has 318 valence electrons. The fourth-order valence-corrected chi connectivity index (χ4v) is 13.7. The number of para-hydroxylation sites is 1. The second-order valence-electron chi connectivity index (χ2n) is 18.3. The standard InChI is InChI=1S/C60H38BF3N2S/c1-35-14-12-15-36(2)55(35)37-26-31-50-53(32-37)65(40-29-27-38(28-30-40)60(62,63)64)51-24-13-25-52-56(51)61(50)58-57(66(52)39-16-4-3-5-17-39)45-33-44-43-20-8-11-23-48(43)59(49(44)34-54(45)67-58)46-21-9-6-18-41(46)42-19-7-10-22-47(42)59/h3-34H,1-2H3. The van der Waals surface area contributed by atoms with Crippen LogP contribution in [0.4, 0.5) is 47.3 Å². The molecule has 14 rings (SSSR count). The molecule has 0 N–H and O–H groups in total. The zero-order valence-corrected chi connectivity index (χ0v) is 37.3. The van der Waals surface area contributed by atoms with Gasteiger partial charge in [0.05, 0.1) is 16.7 Å². The molecule has 0 amide bonds. The van der Waals surface area contributed by atoms with Crippen LogP contribution >= 0.6 is 11.3 Å². The second kappa shape index (κ2) is 13.7.